The molecule has 1 saturated heterocycles. The number of piperidine rings is 1. The SMILES string of the molecule is CCS(=O)(=O)N(C)C1CCN(C(=O)c2ccc([N+](=O)[O-])cc2)CC1. The predicted molar refractivity (Wildman–Crippen MR) is 89.2 cm³/mol. The van der Waals surface area contributed by atoms with Gasteiger partial charge in [0.25, 0.3) is 11.6 Å². The average molecular weight is 355 g/mol. The molecule has 0 atom stereocenters. The standard InChI is InChI=1S/C15H21N3O5S/c1-3-24(22,23)16(2)13-8-10-17(11-9-13)15(19)12-4-6-14(7-5-12)18(20)21/h4-7,13H,3,8-11H2,1-2H3. The quantitative estimate of drug-likeness (QED) is 0.588. The molecule has 9 heteroatoms. The fourth-order valence-electron chi connectivity index (χ4n) is 2.77. The van der Waals surface area contributed by atoms with E-state index in [0.29, 0.717) is 31.5 Å². The molecule has 0 unspecified atom stereocenters. The summed E-state index contributed by atoms with van der Waals surface area (Å²) in [7, 11) is -1.65. The average Bonchev–Trinajstić information content (AvgIpc) is 2.60. The number of carbonyl (C=O) groups is 1. The second-order valence-corrected chi connectivity index (χ2v) is 8.06. The van der Waals surface area contributed by atoms with Crippen molar-refractivity contribution in [3.63, 3.8) is 0 Å². The number of sulfonamides is 1. The lowest BCUT2D eigenvalue weighted by molar-refractivity contribution is -0.384. The minimum atomic E-state index is -3.23. The number of hydrogen-bond donors (Lipinski definition) is 0. The van der Waals surface area contributed by atoms with Gasteiger partial charge in [-0.1, -0.05) is 0 Å². The zero-order chi connectivity index (χ0) is 17.9. The van der Waals surface area contributed by atoms with Crippen LogP contribution in [0.5, 0.6) is 0 Å². The van der Waals surface area contributed by atoms with Crippen LogP contribution in [0.15, 0.2) is 24.3 Å². The predicted octanol–water partition coefficient (Wildman–Crippen LogP) is 1.48. The smallest absolute Gasteiger partial charge is 0.269 e. The Kier molecular flexibility index (Phi) is 5.55. The number of carbonyl (C=O) groups excluding carboxylic acids is 1. The first-order valence-corrected chi connectivity index (χ1v) is 9.36. The zero-order valence-corrected chi connectivity index (χ0v) is 14.5. The lowest BCUT2D eigenvalue weighted by Gasteiger charge is -2.36. The molecule has 0 saturated carbocycles. The van der Waals surface area contributed by atoms with Crippen LogP contribution in [0.1, 0.15) is 30.1 Å². The molecular formula is C15H21N3O5S. The Balaban J connectivity index is 1.99. The second kappa shape index (κ2) is 7.27. The van der Waals surface area contributed by atoms with E-state index >= 15 is 0 Å². The molecule has 1 heterocycles. The van der Waals surface area contributed by atoms with Crippen LogP contribution in [-0.2, 0) is 10.0 Å². The van der Waals surface area contributed by atoms with E-state index in [4.69, 9.17) is 0 Å². The van der Waals surface area contributed by atoms with Gasteiger partial charge in [-0.2, -0.15) is 0 Å². The van der Waals surface area contributed by atoms with E-state index in [1.54, 1.807) is 18.9 Å². The van der Waals surface area contributed by atoms with Gasteiger partial charge in [0.1, 0.15) is 0 Å². The Morgan fingerprint density at radius 2 is 1.83 bits per heavy atom. The summed E-state index contributed by atoms with van der Waals surface area (Å²) in [5, 5.41) is 10.6. The first-order chi connectivity index (χ1) is 11.3. The van der Waals surface area contributed by atoms with Crippen molar-refractivity contribution >= 4 is 21.6 Å². The molecule has 0 bridgehead atoms. The summed E-state index contributed by atoms with van der Waals surface area (Å²) < 4.78 is 25.2. The van der Waals surface area contributed by atoms with Gasteiger partial charge >= 0.3 is 0 Å². The summed E-state index contributed by atoms with van der Waals surface area (Å²) in [6, 6.07) is 5.40. The van der Waals surface area contributed by atoms with E-state index in [1.807, 2.05) is 0 Å². The number of nitrogens with zero attached hydrogens (tertiary/aromatic N) is 3. The molecular weight excluding hydrogens is 334 g/mol. The Labute approximate surface area is 141 Å². The molecule has 1 aromatic carbocycles. The molecule has 1 aliphatic rings. The van der Waals surface area contributed by atoms with E-state index < -0.39 is 14.9 Å². The number of nitro benzene ring substituents is 1. The molecule has 0 spiro atoms. The van der Waals surface area contributed by atoms with E-state index in [0.717, 1.165) is 0 Å². The van der Waals surface area contributed by atoms with E-state index in [2.05, 4.69) is 0 Å². The Hall–Kier alpha value is -2.00. The Bertz CT molecular complexity index is 709. The number of benzene rings is 1. The summed E-state index contributed by atoms with van der Waals surface area (Å²) in [5.74, 6) is -0.129. The van der Waals surface area contributed by atoms with Gasteiger partial charge in [-0.05, 0) is 31.9 Å². The number of non-ortho nitro benzene ring substituents is 1. The first-order valence-electron chi connectivity index (χ1n) is 7.75. The van der Waals surface area contributed by atoms with Crippen LogP contribution in [0.3, 0.4) is 0 Å². The summed E-state index contributed by atoms with van der Waals surface area (Å²) in [4.78, 5) is 24.2. The molecule has 0 N–H and O–H groups in total. The molecule has 0 radical (unpaired) electrons. The van der Waals surface area contributed by atoms with Crippen LogP contribution in [0.4, 0.5) is 5.69 Å². The molecule has 1 aromatic rings. The fraction of sp³-hybridized carbons (Fsp3) is 0.533. The third-order valence-electron chi connectivity index (χ3n) is 4.39. The van der Waals surface area contributed by atoms with E-state index in [9.17, 15) is 23.3 Å². The van der Waals surface area contributed by atoms with Gasteiger partial charge in [0.15, 0.2) is 0 Å². The Morgan fingerprint density at radius 1 is 1.29 bits per heavy atom. The van der Waals surface area contributed by atoms with Crippen molar-refractivity contribution in [3.05, 3.63) is 39.9 Å². The molecule has 0 aliphatic carbocycles. The molecule has 24 heavy (non-hydrogen) atoms. The molecule has 132 valence electrons. The normalized spacial score (nSPS) is 16.4. The number of hydrogen-bond acceptors (Lipinski definition) is 5. The van der Waals surface area contributed by atoms with Crippen molar-refractivity contribution < 1.29 is 18.1 Å². The van der Waals surface area contributed by atoms with Crippen LogP contribution < -0.4 is 0 Å². The summed E-state index contributed by atoms with van der Waals surface area (Å²) >= 11 is 0. The first kappa shape index (κ1) is 18.3. The maximum absolute atomic E-state index is 12.4. The highest BCUT2D eigenvalue weighted by atomic mass is 32.2. The van der Waals surface area contributed by atoms with E-state index in [1.165, 1.54) is 28.6 Å². The highest BCUT2D eigenvalue weighted by Crippen LogP contribution is 2.21. The molecule has 8 nitrogen and oxygen atoms in total. The summed E-state index contributed by atoms with van der Waals surface area (Å²) in [6.07, 6.45) is 1.16. The van der Waals surface area contributed by atoms with Crippen LogP contribution >= 0.6 is 0 Å². The van der Waals surface area contributed by atoms with Crippen molar-refractivity contribution in [2.45, 2.75) is 25.8 Å². The van der Waals surface area contributed by atoms with Gasteiger partial charge < -0.3 is 4.90 Å². The lowest BCUT2D eigenvalue weighted by Crippen LogP contribution is -2.47. The largest absolute Gasteiger partial charge is 0.339 e. The van der Waals surface area contributed by atoms with Crippen LogP contribution in [0.25, 0.3) is 0 Å². The Morgan fingerprint density at radius 3 is 2.29 bits per heavy atom. The van der Waals surface area contributed by atoms with Crippen LogP contribution in [0.2, 0.25) is 0 Å². The molecule has 1 amide bonds. The van der Waals surface area contributed by atoms with Gasteiger partial charge in [-0.25, -0.2) is 12.7 Å². The molecule has 1 fully saturated rings. The lowest BCUT2D eigenvalue weighted by atomic mass is 10.0. The molecule has 1 aliphatic heterocycles. The topological polar surface area (TPSA) is 101 Å². The number of nitro groups is 1. The number of rotatable bonds is 5. The van der Waals surface area contributed by atoms with Crippen molar-refractivity contribution in [2.24, 2.45) is 0 Å². The highest BCUT2D eigenvalue weighted by Gasteiger charge is 2.30. The van der Waals surface area contributed by atoms with Crippen molar-refractivity contribution in [1.29, 1.82) is 0 Å². The van der Waals surface area contributed by atoms with Gasteiger partial charge in [-0.3, -0.25) is 14.9 Å². The van der Waals surface area contributed by atoms with Gasteiger partial charge in [0.05, 0.1) is 10.7 Å². The maximum Gasteiger partial charge on any atom is 0.269 e. The van der Waals surface area contributed by atoms with Crippen LogP contribution in [-0.4, -0.2) is 60.4 Å². The third-order valence-corrected chi connectivity index (χ3v) is 6.30. The highest BCUT2D eigenvalue weighted by molar-refractivity contribution is 7.89. The van der Waals surface area contributed by atoms with Gasteiger partial charge in [0, 0.05) is 43.9 Å². The van der Waals surface area contributed by atoms with E-state index in [-0.39, 0.29) is 23.4 Å². The van der Waals surface area contributed by atoms with Gasteiger partial charge in [-0.15, -0.1) is 0 Å². The maximum atomic E-state index is 12.4. The van der Waals surface area contributed by atoms with Crippen molar-refractivity contribution in [2.75, 3.05) is 25.9 Å². The van der Waals surface area contributed by atoms with Gasteiger partial charge in [0.2, 0.25) is 10.0 Å². The summed E-state index contributed by atoms with van der Waals surface area (Å²) in [6.45, 7) is 2.53. The van der Waals surface area contributed by atoms with Crippen molar-refractivity contribution in [1.82, 2.24) is 9.21 Å². The molecule has 2 rings (SSSR count). The minimum absolute atomic E-state index is 0.0587. The van der Waals surface area contributed by atoms with Crippen LogP contribution in [0, 0.1) is 10.1 Å². The second-order valence-electron chi connectivity index (χ2n) is 5.74. The third kappa shape index (κ3) is 3.90. The fourth-order valence-corrected chi connectivity index (χ4v) is 3.84. The minimum Gasteiger partial charge on any atom is -0.339 e. The van der Waals surface area contributed by atoms with Crippen molar-refractivity contribution in [3.8, 4) is 0 Å². The number of likely N-dealkylation sites (tertiary alicyclic amines) is 1. The summed E-state index contributed by atoms with van der Waals surface area (Å²) in [5.41, 5.74) is 0.338. The number of amides is 1. The zero-order valence-electron chi connectivity index (χ0n) is 13.7. The molecule has 0 aromatic heterocycles. The monoisotopic (exact) mass is 355 g/mol.